The average molecular weight is 535 g/mol. The van der Waals surface area contributed by atoms with Gasteiger partial charge in [0.25, 0.3) is 16.4 Å². The molecule has 3 aromatic rings. The van der Waals surface area contributed by atoms with Crippen molar-refractivity contribution in [2.45, 2.75) is 23.7 Å². The Morgan fingerprint density at radius 3 is 2.66 bits per heavy atom. The lowest BCUT2D eigenvalue weighted by Gasteiger charge is -2.32. The molecule has 0 aliphatic carbocycles. The highest BCUT2D eigenvalue weighted by Crippen LogP contribution is 2.35. The van der Waals surface area contributed by atoms with Crippen LogP contribution in [0, 0.1) is 23.4 Å². The number of nitrogens with one attached hydrogen (secondary N) is 2. The van der Waals surface area contributed by atoms with E-state index in [0.717, 1.165) is 30.0 Å². The maximum absolute atomic E-state index is 14.6. The van der Waals surface area contributed by atoms with Crippen LogP contribution in [0.3, 0.4) is 0 Å². The second-order valence-electron chi connectivity index (χ2n) is 7.82. The van der Waals surface area contributed by atoms with Gasteiger partial charge in [0.15, 0.2) is 11.6 Å². The summed E-state index contributed by atoms with van der Waals surface area (Å²) in [4.78, 5) is 2.71. The van der Waals surface area contributed by atoms with E-state index < -0.39 is 50.1 Å². The van der Waals surface area contributed by atoms with Crippen molar-refractivity contribution in [3.05, 3.63) is 65.2 Å². The van der Waals surface area contributed by atoms with Crippen molar-refractivity contribution >= 4 is 26.7 Å². The van der Waals surface area contributed by atoms with Crippen molar-refractivity contribution in [3.63, 3.8) is 0 Å². The third-order valence-electron chi connectivity index (χ3n) is 5.60. The van der Waals surface area contributed by atoms with Crippen LogP contribution >= 0.6 is 11.5 Å². The fourth-order valence-corrected chi connectivity index (χ4v) is 5.64. The molecule has 1 saturated heterocycles. The highest BCUT2D eigenvalue weighted by atomic mass is 32.2. The summed E-state index contributed by atoms with van der Waals surface area (Å²) in [6.07, 6.45) is -1.34. The van der Waals surface area contributed by atoms with Gasteiger partial charge in [-0.1, -0.05) is 6.07 Å². The van der Waals surface area contributed by atoms with E-state index in [1.165, 1.54) is 6.07 Å². The minimum absolute atomic E-state index is 0.114. The van der Waals surface area contributed by atoms with Crippen molar-refractivity contribution in [3.8, 4) is 5.75 Å². The SMILES string of the molecule is O=S(=O)(Nc1ncns1)c1cc(F)c(OCC2CNCCC2c2ccc(F)c(C(F)F)c2)cc1F. The first kappa shape index (κ1) is 25.3. The van der Waals surface area contributed by atoms with Crippen molar-refractivity contribution in [1.82, 2.24) is 14.7 Å². The molecule has 0 spiro atoms. The van der Waals surface area contributed by atoms with Gasteiger partial charge in [-0.15, -0.1) is 0 Å². The molecule has 1 fully saturated rings. The number of ether oxygens (including phenoxy) is 1. The molecule has 1 aromatic heterocycles. The third kappa shape index (κ3) is 5.70. The molecule has 35 heavy (non-hydrogen) atoms. The Hall–Kier alpha value is -2.84. The van der Waals surface area contributed by atoms with E-state index in [-0.39, 0.29) is 23.6 Å². The van der Waals surface area contributed by atoms with Gasteiger partial charge in [-0.05, 0) is 36.6 Å². The molecular weight excluding hydrogens is 515 g/mol. The molecule has 0 bridgehead atoms. The van der Waals surface area contributed by atoms with Gasteiger partial charge in [0.05, 0.1) is 12.2 Å². The zero-order valence-corrected chi connectivity index (χ0v) is 19.5. The normalized spacial score (nSPS) is 18.6. The molecule has 4 rings (SSSR count). The molecule has 2 aromatic carbocycles. The highest BCUT2D eigenvalue weighted by Gasteiger charge is 2.30. The maximum Gasteiger partial charge on any atom is 0.266 e. The van der Waals surface area contributed by atoms with Crippen LogP contribution in [-0.4, -0.2) is 37.5 Å². The Labute approximate surface area is 201 Å². The van der Waals surface area contributed by atoms with Gasteiger partial charge in [0.2, 0.25) is 5.13 Å². The third-order valence-corrected chi connectivity index (χ3v) is 7.67. The number of sulfonamides is 1. The first-order valence-electron chi connectivity index (χ1n) is 10.3. The van der Waals surface area contributed by atoms with Crippen molar-refractivity contribution in [2.75, 3.05) is 24.4 Å². The molecule has 0 saturated carbocycles. The molecule has 2 unspecified atom stereocenters. The molecule has 1 aliphatic heterocycles. The minimum atomic E-state index is -4.46. The van der Waals surface area contributed by atoms with Crippen LogP contribution in [-0.2, 0) is 10.0 Å². The van der Waals surface area contributed by atoms with Gasteiger partial charge >= 0.3 is 0 Å². The second kappa shape index (κ2) is 10.4. The summed E-state index contributed by atoms with van der Waals surface area (Å²) in [5, 5.41) is 3.01. The van der Waals surface area contributed by atoms with Crippen molar-refractivity contribution < 1.29 is 35.1 Å². The molecule has 0 radical (unpaired) electrons. The van der Waals surface area contributed by atoms with E-state index in [4.69, 9.17) is 4.74 Å². The fourth-order valence-electron chi connectivity index (χ4n) is 3.91. The quantitative estimate of drug-likeness (QED) is 0.415. The fraction of sp³-hybridized carbons (Fsp3) is 0.333. The minimum Gasteiger partial charge on any atom is -0.490 e. The molecule has 14 heteroatoms. The number of rotatable bonds is 8. The molecule has 7 nitrogen and oxygen atoms in total. The number of benzene rings is 2. The van der Waals surface area contributed by atoms with Gasteiger partial charge in [0.1, 0.15) is 22.9 Å². The first-order chi connectivity index (χ1) is 16.7. The van der Waals surface area contributed by atoms with Gasteiger partial charge in [-0.25, -0.2) is 35.4 Å². The van der Waals surface area contributed by atoms with Gasteiger partial charge in [-0.3, -0.25) is 4.72 Å². The molecule has 1 aliphatic rings. The zero-order chi connectivity index (χ0) is 25.2. The van der Waals surface area contributed by atoms with Crippen LogP contribution in [0.2, 0.25) is 0 Å². The van der Waals surface area contributed by atoms with E-state index in [0.29, 0.717) is 37.2 Å². The number of alkyl halides is 2. The summed E-state index contributed by atoms with van der Waals surface area (Å²) in [6.45, 7) is 0.860. The van der Waals surface area contributed by atoms with Gasteiger partial charge in [0, 0.05) is 36.1 Å². The molecule has 2 N–H and O–H groups in total. The lowest BCUT2D eigenvalue weighted by atomic mass is 9.81. The lowest BCUT2D eigenvalue weighted by Crippen LogP contribution is -2.38. The van der Waals surface area contributed by atoms with Crippen LogP contribution in [0.25, 0.3) is 0 Å². The smallest absolute Gasteiger partial charge is 0.266 e. The topological polar surface area (TPSA) is 93.2 Å². The summed E-state index contributed by atoms with van der Waals surface area (Å²) in [5.41, 5.74) is -0.208. The lowest BCUT2D eigenvalue weighted by molar-refractivity contribution is 0.146. The molecule has 2 atom stereocenters. The van der Waals surface area contributed by atoms with Crippen LogP contribution in [0.15, 0.2) is 41.6 Å². The maximum atomic E-state index is 14.6. The predicted molar refractivity (Wildman–Crippen MR) is 118 cm³/mol. The number of nitrogens with zero attached hydrogens (tertiary/aromatic N) is 2. The molecule has 0 amide bonds. The zero-order valence-electron chi connectivity index (χ0n) is 17.9. The number of hydrogen-bond acceptors (Lipinski definition) is 7. The Morgan fingerprint density at radius 1 is 1.14 bits per heavy atom. The van der Waals surface area contributed by atoms with Crippen LogP contribution in [0.1, 0.15) is 29.9 Å². The van der Waals surface area contributed by atoms with Crippen molar-refractivity contribution in [2.24, 2.45) is 5.92 Å². The summed E-state index contributed by atoms with van der Waals surface area (Å²) in [6, 6.07) is 4.66. The van der Waals surface area contributed by atoms with Gasteiger partial charge < -0.3 is 10.1 Å². The average Bonchev–Trinajstić information content (AvgIpc) is 3.32. The standard InChI is InChI=1S/C21H19F5N4O3S2/c22-15-2-1-11(5-14(15)20(25)26)13-3-4-27-8-12(13)9-33-18-6-17(24)19(7-16(18)23)35(31,32)30-21-28-10-29-34-21/h1-2,5-7,10,12-13,20,27H,3-4,8-9H2,(H,28,29,30). The number of aromatic nitrogens is 2. The van der Waals surface area contributed by atoms with E-state index in [1.807, 2.05) is 4.72 Å². The van der Waals surface area contributed by atoms with Crippen LogP contribution in [0.4, 0.5) is 27.1 Å². The number of hydrogen-bond donors (Lipinski definition) is 2. The Bertz CT molecular complexity index is 1290. The van der Waals surface area contributed by atoms with E-state index in [9.17, 15) is 30.4 Å². The second-order valence-corrected chi connectivity index (χ2v) is 10.2. The summed E-state index contributed by atoms with van der Waals surface area (Å²) in [7, 11) is -4.46. The Kier molecular flexibility index (Phi) is 7.52. The summed E-state index contributed by atoms with van der Waals surface area (Å²) >= 11 is 0.722. The summed E-state index contributed by atoms with van der Waals surface area (Å²) < 4.78 is 105. The first-order valence-corrected chi connectivity index (χ1v) is 12.6. The monoisotopic (exact) mass is 534 g/mol. The van der Waals surface area contributed by atoms with E-state index in [2.05, 4.69) is 14.7 Å². The highest BCUT2D eigenvalue weighted by molar-refractivity contribution is 7.93. The molecule has 2 heterocycles. The number of halogens is 5. The largest absolute Gasteiger partial charge is 0.490 e. The van der Waals surface area contributed by atoms with Crippen LogP contribution in [0.5, 0.6) is 5.75 Å². The Morgan fingerprint density at radius 2 is 1.94 bits per heavy atom. The number of anilines is 1. The Balaban J connectivity index is 1.51. The van der Waals surface area contributed by atoms with Gasteiger partial charge in [-0.2, -0.15) is 4.37 Å². The predicted octanol–water partition coefficient (Wildman–Crippen LogP) is 4.47. The number of piperidine rings is 1. The van der Waals surface area contributed by atoms with E-state index in [1.54, 1.807) is 0 Å². The van der Waals surface area contributed by atoms with Crippen molar-refractivity contribution in [1.29, 1.82) is 0 Å². The van der Waals surface area contributed by atoms with E-state index >= 15 is 0 Å². The van der Waals surface area contributed by atoms with Crippen LogP contribution < -0.4 is 14.8 Å². The molecular formula is C21H19F5N4O3S2. The molecule has 188 valence electrons. The summed E-state index contributed by atoms with van der Waals surface area (Å²) in [5.74, 6) is -4.47.